The zero-order valence-corrected chi connectivity index (χ0v) is 13.6. The van der Waals surface area contributed by atoms with Crippen LogP contribution in [0.3, 0.4) is 0 Å². The second-order valence-corrected chi connectivity index (χ2v) is 5.96. The summed E-state index contributed by atoms with van der Waals surface area (Å²) in [5.74, 6) is -0.234. The summed E-state index contributed by atoms with van der Waals surface area (Å²) in [5, 5.41) is 10.2. The summed E-state index contributed by atoms with van der Waals surface area (Å²) in [4.78, 5) is 4.01. The fourth-order valence-corrected chi connectivity index (χ4v) is 2.72. The minimum absolute atomic E-state index is 0.234. The molecule has 0 bridgehead atoms. The van der Waals surface area contributed by atoms with Crippen molar-refractivity contribution in [1.82, 2.24) is 9.80 Å². The topological polar surface area (TPSA) is 45.2 Å². The van der Waals surface area contributed by atoms with Gasteiger partial charge in [0.25, 0.3) is 0 Å². The van der Waals surface area contributed by atoms with Crippen molar-refractivity contribution >= 4 is 0 Å². The quantitative estimate of drug-likeness (QED) is 0.813. The predicted molar refractivity (Wildman–Crippen MR) is 82.7 cm³/mol. The summed E-state index contributed by atoms with van der Waals surface area (Å²) in [6, 6.07) is 5.88. The van der Waals surface area contributed by atoms with Crippen molar-refractivity contribution in [3.63, 3.8) is 0 Å². The first kappa shape index (κ1) is 19.0. The minimum atomic E-state index is -4.70. The van der Waals surface area contributed by atoms with Crippen molar-refractivity contribution in [1.29, 1.82) is 0 Å². The van der Waals surface area contributed by atoms with Gasteiger partial charge in [-0.05, 0) is 24.7 Å². The number of likely N-dealkylation sites (N-methyl/N-ethyl adjacent to an activating group) is 1. The second-order valence-electron chi connectivity index (χ2n) is 5.96. The Bertz CT molecular complexity index is 508. The molecule has 136 valence electrons. The lowest BCUT2D eigenvalue weighted by Crippen LogP contribution is -2.43. The highest BCUT2D eigenvalue weighted by Gasteiger charge is 2.31. The Morgan fingerprint density at radius 3 is 2.71 bits per heavy atom. The lowest BCUT2D eigenvalue weighted by atomic mass is 10.2. The summed E-state index contributed by atoms with van der Waals surface area (Å²) in [6.45, 7) is 4.38. The molecular weight excluding hydrogens is 325 g/mol. The van der Waals surface area contributed by atoms with Gasteiger partial charge in [0.1, 0.15) is 5.75 Å². The molecule has 8 heteroatoms. The lowest BCUT2D eigenvalue weighted by Gasteiger charge is -2.30. The van der Waals surface area contributed by atoms with E-state index in [1.165, 1.54) is 18.2 Å². The number of benzene rings is 1. The molecule has 0 radical (unpaired) electrons. The third kappa shape index (κ3) is 7.04. The first-order valence-corrected chi connectivity index (χ1v) is 7.83. The molecule has 0 aromatic heterocycles. The Balaban J connectivity index is 1.80. The fourth-order valence-electron chi connectivity index (χ4n) is 2.72. The summed E-state index contributed by atoms with van der Waals surface area (Å²) in [5.41, 5.74) is 0.692. The number of ether oxygens (including phenoxy) is 2. The van der Waals surface area contributed by atoms with Gasteiger partial charge in [-0.2, -0.15) is 0 Å². The van der Waals surface area contributed by atoms with Crippen molar-refractivity contribution in [3.05, 3.63) is 29.8 Å². The van der Waals surface area contributed by atoms with Crippen molar-refractivity contribution in [2.75, 3.05) is 46.4 Å². The Labute approximate surface area is 139 Å². The average molecular weight is 348 g/mol. The van der Waals surface area contributed by atoms with Crippen LogP contribution in [0.2, 0.25) is 0 Å². The van der Waals surface area contributed by atoms with E-state index >= 15 is 0 Å². The molecule has 1 unspecified atom stereocenters. The SMILES string of the molecule is CN(Cc1cccc(OC(F)(F)F)c1)CC(O)CN1CCOCC1. The van der Waals surface area contributed by atoms with Crippen LogP contribution in [0.15, 0.2) is 24.3 Å². The van der Waals surface area contributed by atoms with Gasteiger partial charge >= 0.3 is 6.36 Å². The highest BCUT2D eigenvalue weighted by molar-refractivity contribution is 5.28. The van der Waals surface area contributed by atoms with Crippen LogP contribution in [0, 0.1) is 0 Å². The van der Waals surface area contributed by atoms with Crippen molar-refractivity contribution < 1.29 is 27.8 Å². The van der Waals surface area contributed by atoms with Crippen LogP contribution in [-0.4, -0.2) is 73.8 Å². The molecule has 0 saturated carbocycles. The second kappa shape index (κ2) is 8.66. The Morgan fingerprint density at radius 1 is 1.33 bits per heavy atom. The number of halogens is 3. The number of aliphatic hydroxyl groups is 1. The Hall–Kier alpha value is -1.35. The van der Waals surface area contributed by atoms with Gasteiger partial charge in [-0.3, -0.25) is 9.80 Å². The molecule has 1 N–H and O–H groups in total. The Morgan fingerprint density at radius 2 is 2.04 bits per heavy atom. The number of aliphatic hydroxyl groups excluding tert-OH is 1. The van der Waals surface area contributed by atoms with Gasteiger partial charge in [0.2, 0.25) is 0 Å². The maximum Gasteiger partial charge on any atom is 0.573 e. The molecule has 5 nitrogen and oxygen atoms in total. The predicted octanol–water partition coefficient (Wildman–Crippen LogP) is 1.71. The van der Waals surface area contributed by atoms with Gasteiger partial charge in [0.15, 0.2) is 0 Å². The molecule has 1 saturated heterocycles. The van der Waals surface area contributed by atoms with Crippen molar-refractivity contribution in [3.8, 4) is 5.75 Å². The normalized spacial score (nSPS) is 17.9. The van der Waals surface area contributed by atoms with Crippen LogP contribution in [0.1, 0.15) is 5.56 Å². The van der Waals surface area contributed by atoms with E-state index in [2.05, 4.69) is 9.64 Å². The number of morpholine rings is 1. The van der Waals surface area contributed by atoms with Gasteiger partial charge in [-0.25, -0.2) is 0 Å². The summed E-state index contributed by atoms with van der Waals surface area (Å²) in [7, 11) is 1.82. The molecule has 1 aromatic rings. The highest BCUT2D eigenvalue weighted by atomic mass is 19.4. The lowest BCUT2D eigenvalue weighted by molar-refractivity contribution is -0.274. The third-order valence-corrected chi connectivity index (χ3v) is 3.68. The zero-order chi connectivity index (χ0) is 17.6. The van der Waals surface area contributed by atoms with Gasteiger partial charge in [-0.15, -0.1) is 13.2 Å². The van der Waals surface area contributed by atoms with Crippen LogP contribution < -0.4 is 4.74 Å². The monoisotopic (exact) mass is 348 g/mol. The van der Waals surface area contributed by atoms with E-state index < -0.39 is 12.5 Å². The van der Waals surface area contributed by atoms with Crippen molar-refractivity contribution in [2.45, 2.75) is 19.0 Å². The van der Waals surface area contributed by atoms with Crippen molar-refractivity contribution in [2.24, 2.45) is 0 Å². The van der Waals surface area contributed by atoms with E-state index in [1.807, 2.05) is 11.9 Å². The maximum atomic E-state index is 12.3. The van der Waals surface area contributed by atoms with E-state index in [4.69, 9.17) is 4.74 Å². The summed E-state index contributed by atoms with van der Waals surface area (Å²) >= 11 is 0. The molecule has 0 aliphatic carbocycles. The molecule has 0 spiro atoms. The molecule has 0 amide bonds. The molecule has 1 heterocycles. The maximum absolute atomic E-state index is 12.3. The van der Waals surface area contributed by atoms with E-state index in [9.17, 15) is 18.3 Å². The number of alkyl halides is 3. The molecule has 1 atom stereocenters. The van der Waals surface area contributed by atoms with Crippen LogP contribution >= 0.6 is 0 Å². The van der Waals surface area contributed by atoms with Gasteiger partial charge in [0.05, 0.1) is 19.3 Å². The fraction of sp³-hybridized carbons (Fsp3) is 0.625. The minimum Gasteiger partial charge on any atom is -0.406 e. The summed E-state index contributed by atoms with van der Waals surface area (Å²) < 4.78 is 45.9. The van der Waals surface area contributed by atoms with E-state index in [-0.39, 0.29) is 5.75 Å². The van der Waals surface area contributed by atoms with Gasteiger partial charge in [-0.1, -0.05) is 12.1 Å². The number of nitrogens with zero attached hydrogens (tertiary/aromatic N) is 2. The number of rotatable bonds is 7. The van der Waals surface area contributed by atoms with E-state index in [0.717, 1.165) is 13.1 Å². The van der Waals surface area contributed by atoms with Gasteiger partial charge in [0, 0.05) is 32.7 Å². The van der Waals surface area contributed by atoms with E-state index in [0.29, 0.717) is 38.4 Å². The molecule has 1 aliphatic heterocycles. The van der Waals surface area contributed by atoms with Gasteiger partial charge < -0.3 is 14.6 Å². The first-order valence-electron chi connectivity index (χ1n) is 7.83. The van der Waals surface area contributed by atoms with E-state index in [1.54, 1.807) is 6.07 Å². The van der Waals surface area contributed by atoms with Crippen LogP contribution in [0.25, 0.3) is 0 Å². The first-order chi connectivity index (χ1) is 11.3. The molecule has 1 aliphatic rings. The standard InChI is InChI=1S/C16H23F3N2O3/c1-20(11-14(22)12-21-5-7-23-8-6-21)10-13-3-2-4-15(9-13)24-16(17,18)19/h2-4,9,14,22H,5-8,10-12H2,1H3. The molecule has 1 fully saturated rings. The number of β-amino-alcohol motifs (C(OH)–C–C–N with tert-alkyl or cyclic N) is 1. The third-order valence-electron chi connectivity index (χ3n) is 3.68. The average Bonchev–Trinajstić information content (AvgIpc) is 2.46. The highest BCUT2D eigenvalue weighted by Crippen LogP contribution is 2.23. The van der Waals surface area contributed by atoms with Crippen LogP contribution in [-0.2, 0) is 11.3 Å². The molecule has 1 aromatic carbocycles. The molecule has 24 heavy (non-hydrogen) atoms. The number of hydrogen-bond acceptors (Lipinski definition) is 5. The summed E-state index contributed by atoms with van der Waals surface area (Å²) in [6.07, 6.45) is -5.22. The smallest absolute Gasteiger partial charge is 0.406 e. The largest absolute Gasteiger partial charge is 0.573 e. The molecule has 2 rings (SSSR count). The zero-order valence-electron chi connectivity index (χ0n) is 13.6. The van der Waals surface area contributed by atoms with Crippen LogP contribution in [0.4, 0.5) is 13.2 Å². The number of hydrogen-bond donors (Lipinski definition) is 1. The molecular formula is C16H23F3N2O3. The van der Waals surface area contributed by atoms with Crippen LogP contribution in [0.5, 0.6) is 5.75 Å². The Kier molecular flexibility index (Phi) is 6.85.